The fourth-order valence-electron chi connectivity index (χ4n) is 2.80. The number of carbonyl (C=O) groups is 1. The lowest BCUT2D eigenvalue weighted by atomic mass is 9.99. The molecule has 0 bridgehead atoms. The van der Waals surface area contributed by atoms with Gasteiger partial charge in [0.05, 0.1) is 17.6 Å². The van der Waals surface area contributed by atoms with Gasteiger partial charge in [-0.05, 0) is 30.5 Å². The summed E-state index contributed by atoms with van der Waals surface area (Å²) in [5.41, 5.74) is 2.96. The molecule has 1 N–H and O–H groups in total. The van der Waals surface area contributed by atoms with Crippen LogP contribution in [0, 0.1) is 6.92 Å². The van der Waals surface area contributed by atoms with Crippen molar-refractivity contribution < 1.29 is 18.3 Å². The molecule has 0 radical (unpaired) electrons. The Labute approximate surface area is 133 Å². The summed E-state index contributed by atoms with van der Waals surface area (Å²) in [5.74, 6) is -1.12. The number of carboxylic acid groups (broad SMARTS) is 1. The van der Waals surface area contributed by atoms with E-state index in [1.807, 2.05) is 18.2 Å². The summed E-state index contributed by atoms with van der Waals surface area (Å²) in [6.45, 7) is 2.35. The predicted octanol–water partition coefficient (Wildman–Crippen LogP) is 0.592. The first-order valence-electron chi connectivity index (χ1n) is 7.01. The topological polar surface area (TPSA) is 105 Å². The van der Waals surface area contributed by atoms with Crippen LogP contribution in [0.3, 0.4) is 0 Å². The average Bonchev–Trinajstić information content (AvgIpc) is 2.87. The van der Waals surface area contributed by atoms with Gasteiger partial charge in [-0.25, -0.2) is 17.9 Å². The molecule has 0 amide bonds. The van der Waals surface area contributed by atoms with Crippen molar-refractivity contribution in [2.45, 2.75) is 19.9 Å². The highest BCUT2D eigenvalue weighted by Gasteiger charge is 2.26. The maximum atomic E-state index is 11.7. The van der Waals surface area contributed by atoms with Gasteiger partial charge in [-0.15, -0.1) is 5.10 Å². The van der Waals surface area contributed by atoms with Gasteiger partial charge in [0.1, 0.15) is 0 Å². The molecule has 0 aliphatic carbocycles. The molecule has 1 aromatic carbocycles. The average molecular weight is 336 g/mol. The van der Waals surface area contributed by atoms with Crippen LogP contribution in [0.5, 0.6) is 0 Å². The van der Waals surface area contributed by atoms with Gasteiger partial charge >= 0.3 is 5.97 Å². The molecular formula is C14H16N4O4S. The van der Waals surface area contributed by atoms with Gasteiger partial charge in [-0.2, -0.15) is 4.31 Å². The highest BCUT2D eigenvalue weighted by molar-refractivity contribution is 7.88. The van der Waals surface area contributed by atoms with Gasteiger partial charge in [0.25, 0.3) is 0 Å². The summed E-state index contributed by atoms with van der Waals surface area (Å²) in [7, 11) is -3.24. The molecule has 1 aliphatic rings. The number of hydrogen-bond donors (Lipinski definition) is 1. The van der Waals surface area contributed by atoms with Crippen molar-refractivity contribution >= 4 is 16.0 Å². The van der Waals surface area contributed by atoms with E-state index in [2.05, 4.69) is 10.3 Å². The molecule has 8 nitrogen and oxygen atoms in total. The second-order valence-corrected chi connectivity index (χ2v) is 7.48. The minimum absolute atomic E-state index is 0.0869. The van der Waals surface area contributed by atoms with Crippen molar-refractivity contribution in [2.24, 2.45) is 0 Å². The van der Waals surface area contributed by atoms with Gasteiger partial charge in [-0.3, -0.25) is 0 Å². The molecule has 122 valence electrons. The van der Waals surface area contributed by atoms with Crippen LogP contribution in [0.1, 0.15) is 27.3 Å². The summed E-state index contributed by atoms with van der Waals surface area (Å²) in [4.78, 5) is 11.1. The lowest BCUT2D eigenvalue weighted by Crippen LogP contribution is -2.35. The van der Waals surface area contributed by atoms with E-state index in [0.717, 1.165) is 16.8 Å². The van der Waals surface area contributed by atoms with E-state index in [-0.39, 0.29) is 5.69 Å². The first kappa shape index (κ1) is 15.6. The van der Waals surface area contributed by atoms with Crippen LogP contribution in [0.4, 0.5) is 0 Å². The third kappa shape index (κ3) is 2.73. The second kappa shape index (κ2) is 5.43. The normalized spacial score (nSPS) is 15.4. The predicted molar refractivity (Wildman–Crippen MR) is 82.0 cm³/mol. The van der Waals surface area contributed by atoms with Crippen molar-refractivity contribution in [1.82, 2.24) is 19.3 Å². The van der Waals surface area contributed by atoms with E-state index in [0.29, 0.717) is 25.2 Å². The standard InChI is InChI=1S/C14H16N4O4S/c1-9-13(14(19)20)15-16-18(9)12-5-3-4-10-8-17(23(2,21)22)7-6-11(10)12/h3-5H,6-8H2,1-2H3,(H,19,20). The van der Waals surface area contributed by atoms with Crippen molar-refractivity contribution in [3.8, 4) is 5.69 Å². The Morgan fingerprint density at radius 3 is 2.70 bits per heavy atom. The Balaban J connectivity index is 2.06. The summed E-state index contributed by atoms with van der Waals surface area (Å²) in [5, 5.41) is 16.7. The zero-order valence-electron chi connectivity index (χ0n) is 12.7. The monoisotopic (exact) mass is 336 g/mol. The number of sulfonamides is 1. The molecule has 0 saturated carbocycles. The number of fused-ring (bicyclic) bond motifs is 1. The molecule has 2 aromatic rings. The van der Waals surface area contributed by atoms with E-state index in [1.165, 1.54) is 15.2 Å². The van der Waals surface area contributed by atoms with Gasteiger partial charge < -0.3 is 5.11 Å². The van der Waals surface area contributed by atoms with Crippen molar-refractivity contribution in [3.63, 3.8) is 0 Å². The Kier molecular flexibility index (Phi) is 3.69. The van der Waals surface area contributed by atoms with Crippen LogP contribution in [-0.2, 0) is 23.0 Å². The zero-order valence-corrected chi connectivity index (χ0v) is 13.5. The van der Waals surface area contributed by atoms with Crippen molar-refractivity contribution in [2.75, 3.05) is 12.8 Å². The molecule has 23 heavy (non-hydrogen) atoms. The van der Waals surface area contributed by atoms with E-state index < -0.39 is 16.0 Å². The van der Waals surface area contributed by atoms with Crippen LogP contribution in [0.15, 0.2) is 18.2 Å². The summed E-state index contributed by atoms with van der Waals surface area (Å²) >= 11 is 0. The summed E-state index contributed by atoms with van der Waals surface area (Å²) in [6, 6.07) is 5.52. The molecule has 0 atom stereocenters. The molecule has 1 aromatic heterocycles. The van der Waals surface area contributed by atoms with Crippen LogP contribution in [-0.4, -0.2) is 51.6 Å². The highest BCUT2D eigenvalue weighted by Crippen LogP contribution is 2.27. The van der Waals surface area contributed by atoms with E-state index in [1.54, 1.807) is 6.92 Å². The van der Waals surface area contributed by atoms with E-state index in [9.17, 15) is 13.2 Å². The van der Waals surface area contributed by atoms with Crippen molar-refractivity contribution in [1.29, 1.82) is 0 Å². The van der Waals surface area contributed by atoms with Crippen LogP contribution in [0.2, 0.25) is 0 Å². The third-order valence-electron chi connectivity index (χ3n) is 4.00. The first-order valence-corrected chi connectivity index (χ1v) is 8.85. The number of aromatic carboxylic acids is 1. The number of aromatic nitrogens is 3. The molecule has 0 unspecified atom stereocenters. The Morgan fingerprint density at radius 2 is 2.09 bits per heavy atom. The number of nitrogens with zero attached hydrogens (tertiary/aromatic N) is 4. The summed E-state index contributed by atoms with van der Waals surface area (Å²) < 4.78 is 26.4. The molecule has 0 spiro atoms. The van der Waals surface area contributed by atoms with Gasteiger partial charge in [0.2, 0.25) is 10.0 Å². The third-order valence-corrected chi connectivity index (χ3v) is 5.25. The molecule has 0 fully saturated rings. The minimum Gasteiger partial charge on any atom is -0.476 e. The molecular weight excluding hydrogens is 320 g/mol. The summed E-state index contributed by atoms with van der Waals surface area (Å²) in [6.07, 6.45) is 1.74. The Bertz CT molecular complexity index is 888. The largest absolute Gasteiger partial charge is 0.476 e. The molecule has 2 heterocycles. The SMILES string of the molecule is Cc1c(C(=O)O)nnn1-c1cccc2c1CCN(S(C)(=O)=O)C2. The minimum atomic E-state index is -3.24. The van der Waals surface area contributed by atoms with Crippen LogP contribution in [0.25, 0.3) is 5.69 Å². The Morgan fingerprint density at radius 1 is 1.35 bits per heavy atom. The maximum absolute atomic E-state index is 11.7. The van der Waals surface area contributed by atoms with Crippen LogP contribution >= 0.6 is 0 Å². The quantitative estimate of drug-likeness (QED) is 0.879. The molecule has 0 saturated heterocycles. The maximum Gasteiger partial charge on any atom is 0.358 e. The number of hydrogen-bond acceptors (Lipinski definition) is 5. The number of rotatable bonds is 3. The lowest BCUT2D eigenvalue weighted by molar-refractivity contribution is 0.0689. The van der Waals surface area contributed by atoms with Crippen LogP contribution < -0.4 is 0 Å². The van der Waals surface area contributed by atoms with Gasteiger partial charge in [0, 0.05) is 13.1 Å². The first-order chi connectivity index (χ1) is 10.8. The fraction of sp³-hybridized carbons (Fsp3) is 0.357. The Hall–Kier alpha value is -2.26. The second-order valence-electron chi connectivity index (χ2n) is 5.50. The van der Waals surface area contributed by atoms with Gasteiger partial charge in [-0.1, -0.05) is 17.3 Å². The number of benzene rings is 1. The highest BCUT2D eigenvalue weighted by atomic mass is 32.2. The fourth-order valence-corrected chi connectivity index (χ4v) is 3.60. The lowest BCUT2D eigenvalue weighted by Gasteiger charge is -2.28. The molecule has 3 rings (SSSR count). The van der Waals surface area contributed by atoms with Gasteiger partial charge in [0.15, 0.2) is 5.69 Å². The number of carboxylic acids is 1. The van der Waals surface area contributed by atoms with Crippen molar-refractivity contribution in [3.05, 3.63) is 40.7 Å². The smallest absolute Gasteiger partial charge is 0.358 e. The van der Waals surface area contributed by atoms with E-state index >= 15 is 0 Å². The zero-order chi connectivity index (χ0) is 16.8. The van der Waals surface area contributed by atoms with E-state index in [4.69, 9.17) is 5.11 Å². The molecule has 1 aliphatic heterocycles. The molecule has 9 heteroatoms.